The van der Waals surface area contributed by atoms with E-state index in [0.29, 0.717) is 0 Å². The normalized spacial score (nSPS) is 14.1. The molecule has 1 heterocycles. The maximum Gasteiger partial charge on any atom is 0.132 e. The molecule has 0 saturated carbocycles. The average molecular weight is 567 g/mol. The second-order valence-electron chi connectivity index (χ2n) is 11.2. The maximum absolute atomic E-state index is 6.54. The van der Waals surface area contributed by atoms with Crippen LogP contribution >= 0.6 is 0 Å². The van der Waals surface area contributed by atoms with E-state index in [9.17, 15) is 0 Å². The zero-order chi connectivity index (χ0) is 29.5. The second kappa shape index (κ2) is 10.5. The SMILES string of the molecule is Nc1ccccc1\C=C/C=C\C=C\Nc1ccc2c(c1)C1(c3ccccc3Oc3ccccc31)c1c-2ccc2ccccc12. The van der Waals surface area contributed by atoms with E-state index in [0.717, 1.165) is 39.6 Å². The van der Waals surface area contributed by atoms with Gasteiger partial charge in [0.05, 0.1) is 5.41 Å². The number of nitrogen functional groups attached to an aromatic ring is 1. The first-order valence-electron chi connectivity index (χ1n) is 14.9. The third-order valence-corrected chi connectivity index (χ3v) is 8.77. The van der Waals surface area contributed by atoms with Crippen molar-refractivity contribution in [3.05, 3.63) is 186 Å². The molecule has 1 spiro atoms. The summed E-state index contributed by atoms with van der Waals surface area (Å²) in [5.74, 6) is 1.79. The van der Waals surface area contributed by atoms with Gasteiger partial charge in [-0.3, -0.25) is 0 Å². The summed E-state index contributed by atoms with van der Waals surface area (Å²) in [4.78, 5) is 0. The molecule has 6 aromatic carbocycles. The highest BCUT2D eigenvalue weighted by molar-refractivity contribution is 6.01. The number of hydrogen-bond donors (Lipinski definition) is 2. The highest BCUT2D eigenvalue weighted by Gasteiger charge is 2.51. The Hall–Kier alpha value is -5.80. The lowest BCUT2D eigenvalue weighted by Gasteiger charge is -2.40. The third kappa shape index (κ3) is 3.98. The van der Waals surface area contributed by atoms with Gasteiger partial charge >= 0.3 is 0 Å². The van der Waals surface area contributed by atoms with Gasteiger partial charge in [-0.15, -0.1) is 0 Å². The van der Waals surface area contributed by atoms with Crippen LogP contribution in [0, 0.1) is 0 Å². The molecule has 0 amide bonds. The van der Waals surface area contributed by atoms with Crippen molar-refractivity contribution in [1.29, 1.82) is 0 Å². The highest BCUT2D eigenvalue weighted by Crippen LogP contribution is 2.63. The first-order valence-corrected chi connectivity index (χ1v) is 14.9. The molecular weight excluding hydrogens is 536 g/mol. The number of nitrogens with one attached hydrogen (secondary N) is 1. The van der Waals surface area contributed by atoms with E-state index in [-0.39, 0.29) is 0 Å². The summed E-state index contributed by atoms with van der Waals surface area (Å²) < 4.78 is 6.54. The van der Waals surface area contributed by atoms with Crippen molar-refractivity contribution < 1.29 is 4.74 Å². The molecule has 0 atom stereocenters. The van der Waals surface area contributed by atoms with Gasteiger partial charge in [0.2, 0.25) is 0 Å². The minimum absolute atomic E-state index is 0.525. The van der Waals surface area contributed by atoms with Gasteiger partial charge in [-0.25, -0.2) is 0 Å². The molecule has 3 N–H and O–H groups in total. The summed E-state index contributed by atoms with van der Waals surface area (Å²) in [5.41, 5.74) is 15.7. The largest absolute Gasteiger partial charge is 0.457 e. The minimum Gasteiger partial charge on any atom is -0.457 e. The van der Waals surface area contributed by atoms with Crippen LogP contribution in [0.15, 0.2) is 158 Å². The molecule has 3 nitrogen and oxygen atoms in total. The van der Waals surface area contributed by atoms with Crippen LogP contribution in [0.25, 0.3) is 28.0 Å². The lowest BCUT2D eigenvalue weighted by molar-refractivity contribution is 0.437. The van der Waals surface area contributed by atoms with Crippen LogP contribution in [-0.4, -0.2) is 0 Å². The number of nitrogens with two attached hydrogens (primary N) is 1. The predicted molar refractivity (Wildman–Crippen MR) is 183 cm³/mol. The molecule has 8 rings (SSSR count). The highest BCUT2D eigenvalue weighted by atomic mass is 16.5. The van der Waals surface area contributed by atoms with Gasteiger partial charge in [0.25, 0.3) is 0 Å². The van der Waals surface area contributed by atoms with Crippen LogP contribution in [-0.2, 0) is 5.41 Å². The molecule has 0 bridgehead atoms. The molecule has 0 fully saturated rings. The fourth-order valence-corrected chi connectivity index (χ4v) is 6.92. The molecule has 1 aliphatic carbocycles. The van der Waals surface area contributed by atoms with Gasteiger partial charge in [0, 0.05) is 28.7 Å². The first kappa shape index (κ1) is 25.9. The molecule has 0 radical (unpaired) electrons. The van der Waals surface area contributed by atoms with Crippen LogP contribution in [0.4, 0.5) is 11.4 Å². The molecule has 0 aromatic heterocycles. The summed E-state index contributed by atoms with van der Waals surface area (Å²) in [5, 5.41) is 6.01. The number of allylic oxidation sites excluding steroid dienone is 4. The van der Waals surface area contributed by atoms with Gasteiger partial charge in [-0.2, -0.15) is 0 Å². The Kier molecular flexibility index (Phi) is 6.16. The van der Waals surface area contributed by atoms with Crippen molar-refractivity contribution in [2.75, 3.05) is 11.1 Å². The smallest absolute Gasteiger partial charge is 0.132 e. The monoisotopic (exact) mass is 566 g/mol. The molecule has 0 unspecified atom stereocenters. The van der Waals surface area contributed by atoms with Crippen molar-refractivity contribution in [1.82, 2.24) is 0 Å². The molecule has 2 aliphatic rings. The standard InChI is InChI=1S/C41H30N2O/c42-37-19-9-5-15-29(37)14-3-1-2-12-26-43-30-23-25-32-33-24-22-28-13-4-6-16-31(28)40(33)41(36(32)27-30)34-17-7-10-20-38(34)44-39-21-11-8-18-35(39)41/h1-27,43H,42H2/b2-1-,14-3-,26-12+. The summed E-state index contributed by atoms with van der Waals surface area (Å²) in [7, 11) is 0. The number of fused-ring (bicyclic) bond motifs is 11. The van der Waals surface area contributed by atoms with Gasteiger partial charge in [-0.05, 0) is 75.0 Å². The van der Waals surface area contributed by atoms with Gasteiger partial charge in [-0.1, -0.05) is 121 Å². The van der Waals surface area contributed by atoms with E-state index >= 15 is 0 Å². The zero-order valence-corrected chi connectivity index (χ0v) is 24.1. The van der Waals surface area contributed by atoms with Crippen LogP contribution in [0.5, 0.6) is 11.5 Å². The molecule has 0 saturated heterocycles. The van der Waals surface area contributed by atoms with E-state index < -0.39 is 5.41 Å². The summed E-state index contributed by atoms with van der Waals surface area (Å²) in [6.07, 6.45) is 12.0. The molecule has 6 aromatic rings. The third-order valence-electron chi connectivity index (χ3n) is 8.77. The van der Waals surface area contributed by atoms with E-state index in [4.69, 9.17) is 10.5 Å². The number of anilines is 2. The van der Waals surface area contributed by atoms with Crippen LogP contribution in [0.1, 0.15) is 27.8 Å². The Bertz CT molecular complexity index is 2110. The molecule has 3 heteroatoms. The summed E-state index contributed by atoms with van der Waals surface area (Å²) >= 11 is 0. The molecular formula is C41H30N2O. The molecule has 1 aliphatic heterocycles. The Labute approximate surface area is 257 Å². The van der Waals surface area contributed by atoms with Gasteiger partial charge in [0.1, 0.15) is 11.5 Å². The summed E-state index contributed by atoms with van der Waals surface area (Å²) in [6.45, 7) is 0. The van der Waals surface area contributed by atoms with E-state index in [1.165, 1.54) is 33.0 Å². The number of benzene rings is 6. The predicted octanol–water partition coefficient (Wildman–Crippen LogP) is 10.1. The van der Waals surface area contributed by atoms with Crippen molar-refractivity contribution in [3.8, 4) is 22.6 Å². The van der Waals surface area contributed by atoms with Crippen molar-refractivity contribution in [2.45, 2.75) is 5.41 Å². The Balaban J connectivity index is 1.23. The molecule has 210 valence electrons. The van der Waals surface area contributed by atoms with E-state index in [1.54, 1.807) is 0 Å². The quantitative estimate of drug-likeness (QED) is 0.161. The van der Waals surface area contributed by atoms with Gasteiger partial charge < -0.3 is 15.8 Å². The molecule has 44 heavy (non-hydrogen) atoms. The number of hydrogen-bond acceptors (Lipinski definition) is 3. The Morgan fingerprint density at radius 2 is 1.27 bits per heavy atom. The number of rotatable bonds is 5. The fraction of sp³-hybridized carbons (Fsp3) is 0.0244. The van der Waals surface area contributed by atoms with Crippen LogP contribution < -0.4 is 15.8 Å². The summed E-state index contributed by atoms with van der Waals surface area (Å²) in [6, 6.07) is 44.9. The lowest BCUT2D eigenvalue weighted by atomic mass is 9.65. The number of ether oxygens (including phenoxy) is 1. The maximum atomic E-state index is 6.54. The van der Waals surface area contributed by atoms with E-state index in [2.05, 4.69) is 108 Å². The Morgan fingerprint density at radius 3 is 2.09 bits per heavy atom. The minimum atomic E-state index is -0.525. The topological polar surface area (TPSA) is 47.3 Å². The first-order chi connectivity index (χ1) is 21.7. The number of para-hydroxylation sites is 3. The zero-order valence-electron chi connectivity index (χ0n) is 24.1. The van der Waals surface area contributed by atoms with Crippen molar-refractivity contribution in [2.24, 2.45) is 0 Å². The average Bonchev–Trinajstić information content (AvgIpc) is 3.36. The second-order valence-corrected chi connectivity index (χ2v) is 11.2. The fourth-order valence-electron chi connectivity index (χ4n) is 6.92. The Morgan fingerprint density at radius 1 is 0.591 bits per heavy atom. The van der Waals surface area contributed by atoms with Crippen LogP contribution in [0.2, 0.25) is 0 Å². The van der Waals surface area contributed by atoms with Crippen LogP contribution in [0.3, 0.4) is 0 Å². The van der Waals surface area contributed by atoms with E-state index in [1.807, 2.05) is 60.8 Å². The lowest BCUT2D eigenvalue weighted by Crippen LogP contribution is -2.32. The van der Waals surface area contributed by atoms with Crippen molar-refractivity contribution >= 4 is 28.2 Å². The van der Waals surface area contributed by atoms with Gasteiger partial charge in [0.15, 0.2) is 0 Å². The van der Waals surface area contributed by atoms with Crippen molar-refractivity contribution in [3.63, 3.8) is 0 Å².